The standard InChI is InChI=1S/C22H24N4O2S/c1-2-18-10-11-20-21(16-7-5-6-15(12-16)13-23)19(14-29(27)28)22(25-26(18)20)24-17-8-3-4-9-17/h5-7,10-12,17H,2-4,8-9,14H2,1H3,(H,24,25)(H,27,28)/p-1. The Bertz CT molecular complexity index is 1110. The average Bonchev–Trinajstić information content (AvgIpc) is 3.37. The number of rotatable bonds is 6. The SMILES string of the molecule is CCc1ccc2c(-c3cccc(C#N)c3)c(CS(=O)[O-])c(NC3CCCC3)nn12. The first-order chi connectivity index (χ1) is 14.1. The minimum Gasteiger partial charge on any atom is -0.772 e. The Labute approximate surface area is 172 Å². The molecule has 1 aliphatic carbocycles. The lowest BCUT2D eigenvalue weighted by atomic mass is 9.99. The van der Waals surface area contributed by atoms with Crippen molar-refractivity contribution in [2.45, 2.75) is 50.8 Å². The van der Waals surface area contributed by atoms with Gasteiger partial charge in [0.1, 0.15) is 0 Å². The summed E-state index contributed by atoms with van der Waals surface area (Å²) in [4.78, 5) is 0. The van der Waals surface area contributed by atoms with Gasteiger partial charge in [-0.25, -0.2) is 4.52 Å². The third-order valence-electron chi connectivity index (χ3n) is 5.58. The second-order valence-corrected chi connectivity index (χ2v) is 8.34. The Hall–Kier alpha value is -2.69. The molecule has 1 fully saturated rings. The highest BCUT2D eigenvalue weighted by Gasteiger charge is 2.22. The van der Waals surface area contributed by atoms with Crippen LogP contribution in [-0.2, 0) is 23.3 Å². The van der Waals surface area contributed by atoms with Crippen LogP contribution in [-0.4, -0.2) is 24.4 Å². The molecule has 0 spiro atoms. The number of nitrogens with zero attached hydrogens (tertiary/aromatic N) is 3. The summed E-state index contributed by atoms with van der Waals surface area (Å²) >= 11 is -2.26. The first kappa shape index (κ1) is 19.6. The molecule has 7 heteroatoms. The van der Waals surface area contributed by atoms with Crippen LogP contribution >= 0.6 is 0 Å². The van der Waals surface area contributed by atoms with Gasteiger partial charge in [-0.05, 0) is 49.1 Å². The van der Waals surface area contributed by atoms with Gasteiger partial charge in [-0.1, -0.05) is 43.0 Å². The van der Waals surface area contributed by atoms with Gasteiger partial charge in [0, 0.05) is 28.6 Å². The average molecular weight is 408 g/mol. The van der Waals surface area contributed by atoms with Crippen LogP contribution in [0.25, 0.3) is 16.6 Å². The number of anilines is 1. The van der Waals surface area contributed by atoms with Gasteiger partial charge in [-0.15, -0.1) is 5.10 Å². The molecule has 0 aliphatic heterocycles. The molecule has 0 bridgehead atoms. The Kier molecular flexibility index (Phi) is 5.65. The van der Waals surface area contributed by atoms with E-state index in [9.17, 15) is 14.0 Å². The zero-order valence-corrected chi connectivity index (χ0v) is 17.2. The maximum atomic E-state index is 11.7. The molecular weight excluding hydrogens is 384 g/mol. The normalized spacial score (nSPS) is 15.5. The molecule has 1 saturated carbocycles. The molecule has 0 amide bonds. The summed E-state index contributed by atoms with van der Waals surface area (Å²) in [5.74, 6) is 0.494. The summed E-state index contributed by atoms with van der Waals surface area (Å²) in [6.45, 7) is 2.07. The van der Waals surface area contributed by atoms with Crippen LogP contribution in [0, 0.1) is 11.3 Å². The van der Waals surface area contributed by atoms with Crippen molar-refractivity contribution in [1.82, 2.24) is 9.61 Å². The van der Waals surface area contributed by atoms with Crippen LogP contribution in [0.2, 0.25) is 0 Å². The summed E-state index contributed by atoms with van der Waals surface area (Å²) in [6, 6.07) is 13.8. The Morgan fingerprint density at radius 2 is 2.10 bits per heavy atom. The first-order valence-corrected chi connectivity index (χ1v) is 11.2. The maximum absolute atomic E-state index is 11.7. The van der Waals surface area contributed by atoms with Gasteiger partial charge in [-0.2, -0.15) is 5.26 Å². The number of aryl methyl sites for hydroxylation is 1. The molecule has 2 aromatic heterocycles. The van der Waals surface area contributed by atoms with Crippen LogP contribution in [0.5, 0.6) is 0 Å². The largest absolute Gasteiger partial charge is 0.772 e. The molecule has 6 nitrogen and oxygen atoms in total. The van der Waals surface area contributed by atoms with Crippen molar-refractivity contribution in [2.75, 3.05) is 5.32 Å². The number of aromatic nitrogens is 2. The molecule has 0 saturated heterocycles. The number of nitriles is 1. The van der Waals surface area contributed by atoms with Gasteiger partial charge in [0.25, 0.3) is 0 Å². The number of hydrogen-bond donors (Lipinski definition) is 1. The smallest absolute Gasteiger partial charge is 0.151 e. The van der Waals surface area contributed by atoms with Crippen molar-refractivity contribution < 1.29 is 8.76 Å². The van der Waals surface area contributed by atoms with E-state index in [2.05, 4.69) is 18.3 Å². The molecule has 4 rings (SSSR count). The summed E-state index contributed by atoms with van der Waals surface area (Å²) < 4.78 is 25.4. The van der Waals surface area contributed by atoms with E-state index < -0.39 is 11.1 Å². The highest BCUT2D eigenvalue weighted by Crippen LogP contribution is 2.36. The molecule has 1 unspecified atom stereocenters. The third-order valence-corrected chi connectivity index (χ3v) is 6.10. The van der Waals surface area contributed by atoms with Crippen LogP contribution in [0.4, 0.5) is 5.82 Å². The number of benzene rings is 1. The topological polar surface area (TPSA) is 93.2 Å². The summed E-state index contributed by atoms with van der Waals surface area (Å²) in [6.07, 6.45) is 5.28. The van der Waals surface area contributed by atoms with Crippen molar-refractivity contribution in [2.24, 2.45) is 0 Å². The molecule has 1 atom stereocenters. The fourth-order valence-electron chi connectivity index (χ4n) is 4.18. The van der Waals surface area contributed by atoms with E-state index in [4.69, 9.17) is 5.10 Å². The number of hydrogen-bond acceptors (Lipinski definition) is 5. The monoisotopic (exact) mass is 407 g/mol. The molecule has 3 aromatic rings. The number of nitrogens with one attached hydrogen (secondary N) is 1. The van der Waals surface area contributed by atoms with E-state index in [1.165, 1.54) is 12.8 Å². The third kappa shape index (κ3) is 3.91. The van der Waals surface area contributed by atoms with E-state index >= 15 is 0 Å². The fraction of sp³-hybridized carbons (Fsp3) is 0.364. The van der Waals surface area contributed by atoms with Gasteiger partial charge >= 0.3 is 0 Å². The minimum absolute atomic E-state index is 0.128. The van der Waals surface area contributed by atoms with Gasteiger partial charge < -0.3 is 9.87 Å². The van der Waals surface area contributed by atoms with Crippen LogP contribution < -0.4 is 5.32 Å². The Morgan fingerprint density at radius 3 is 2.79 bits per heavy atom. The Balaban J connectivity index is 1.99. The van der Waals surface area contributed by atoms with Gasteiger partial charge in [0.2, 0.25) is 0 Å². The van der Waals surface area contributed by atoms with E-state index in [-0.39, 0.29) is 5.75 Å². The molecule has 150 valence electrons. The predicted molar refractivity (Wildman–Crippen MR) is 113 cm³/mol. The molecule has 1 aliphatic rings. The van der Waals surface area contributed by atoms with E-state index in [1.807, 2.05) is 34.8 Å². The molecule has 1 aromatic carbocycles. The van der Waals surface area contributed by atoms with Crippen molar-refractivity contribution in [3.63, 3.8) is 0 Å². The number of fused-ring (bicyclic) bond motifs is 1. The van der Waals surface area contributed by atoms with Crippen molar-refractivity contribution in [1.29, 1.82) is 5.26 Å². The predicted octanol–water partition coefficient (Wildman–Crippen LogP) is 4.17. The van der Waals surface area contributed by atoms with Crippen molar-refractivity contribution in [3.8, 4) is 17.2 Å². The highest BCUT2D eigenvalue weighted by molar-refractivity contribution is 7.78. The van der Waals surface area contributed by atoms with Crippen molar-refractivity contribution >= 4 is 22.4 Å². The van der Waals surface area contributed by atoms with Gasteiger partial charge in [-0.3, -0.25) is 4.21 Å². The van der Waals surface area contributed by atoms with Crippen molar-refractivity contribution in [3.05, 3.63) is 53.2 Å². The van der Waals surface area contributed by atoms with Gasteiger partial charge in [0.05, 0.1) is 17.1 Å². The summed E-state index contributed by atoms with van der Waals surface area (Å²) in [5.41, 5.74) is 4.76. The lowest BCUT2D eigenvalue weighted by Crippen LogP contribution is -2.19. The molecule has 0 radical (unpaired) electrons. The fourth-order valence-corrected chi connectivity index (χ4v) is 4.70. The lowest BCUT2D eigenvalue weighted by Gasteiger charge is -2.21. The van der Waals surface area contributed by atoms with E-state index in [0.29, 0.717) is 23.0 Å². The molecular formula is C22H23N4O2S-. The second-order valence-electron chi connectivity index (χ2n) is 7.44. The molecule has 29 heavy (non-hydrogen) atoms. The maximum Gasteiger partial charge on any atom is 0.151 e. The minimum atomic E-state index is -2.26. The lowest BCUT2D eigenvalue weighted by molar-refractivity contribution is 0.536. The van der Waals surface area contributed by atoms with E-state index in [1.54, 1.807) is 6.07 Å². The highest BCUT2D eigenvalue weighted by atomic mass is 32.2. The molecule has 2 heterocycles. The summed E-state index contributed by atoms with van der Waals surface area (Å²) in [5, 5.41) is 17.7. The summed E-state index contributed by atoms with van der Waals surface area (Å²) in [7, 11) is 0. The first-order valence-electron chi connectivity index (χ1n) is 9.97. The quantitative estimate of drug-likeness (QED) is 0.619. The van der Waals surface area contributed by atoms with Crippen LogP contribution in [0.1, 0.15) is 49.4 Å². The second kappa shape index (κ2) is 8.36. The van der Waals surface area contributed by atoms with E-state index in [0.717, 1.165) is 41.6 Å². The zero-order chi connectivity index (χ0) is 20.4. The molecule has 1 N–H and O–H groups in total. The van der Waals surface area contributed by atoms with Crippen LogP contribution in [0.15, 0.2) is 36.4 Å². The Morgan fingerprint density at radius 1 is 1.31 bits per heavy atom. The zero-order valence-electron chi connectivity index (χ0n) is 16.4. The van der Waals surface area contributed by atoms with Gasteiger partial charge in [0.15, 0.2) is 5.82 Å². The van der Waals surface area contributed by atoms with Crippen LogP contribution in [0.3, 0.4) is 0 Å².